The Hall–Kier alpha value is -0.530. The first-order chi connectivity index (χ1) is 13.6. The Kier molecular flexibility index (Phi) is 8.30. The lowest BCUT2D eigenvalue weighted by atomic mass is 9.47. The van der Waals surface area contributed by atoms with Crippen molar-refractivity contribution in [3.63, 3.8) is 0 Å². The molecule has 2 bridgehead atoms. The number of carbonyl (C=O) groups excluding carboxylic acids is 1. The minimum Gasteiger partial charge on any atom is -0.465 e. The molecule has 4 rings (SSSR count). The van der Waals surface area contributed by atoms with Crippen molar-refractivity contribution < 1.29 is 9.53 Å². The number of unbranched alkanes of at least 4 members (excludes halogenated alkanes) is 5. The summed E-state index contributed by atoms with van der Waals surface area (Å²) >= 11 is 0. The number of carbonyl (C=O) groups is 1. The summed E-state index contributed by atoms with van der Waals surface area (Å²) in [6, 6.07) is 0. The van der Waals surface area contributed by atoms with Crippen LogP contribution < -0.4 is 0 Å². The van der Waals surface area contributed by atoms with Gasteiger partial charge in [-0.05, 0) is 93.8 Å². The van der Waals surface area contributed by atoms with Gasteiger partial charge in [0.05, 0.1) is 12.5 Å². The maximum atomic E-state index is 12.3. The third kappa shape index (κ3) is 5.33. The second kappa shape index (κ2) is 10.5. The zero-order valence-corrected chi connectivity index (χ0v) is 18.9. The van der Waals surface area contributed by atoms with Crippen molar-refractivity contribution in [3.8, 4) is 0 Å². The van der Waals surface area contributed by atoms with E-state index < -0.39 is 0 Å². The van der Waals surface area contributed by atoms with Crippen molar-refractivity contribution in [2.75, 3.05) is 6.61 Å². The molecule has 0 atom stereocenters. The topological polar surface area (TPSA) is 26.3 Å². The van der Waals surface area contributed by atoms with E-state index in [-0.39, 0.29) is 11.9 Å². The SMILES string of the molecule is CCCCCCCC12CCC([C@H]3CC[C@H](C(=O)OCCCC)CC3)(CC1)CC2. The van der Waals surface area contributed by atoms with Gasteiger partial charge >= 0.3 is 5.97 Å². The normalized spacial score (nSPS) is 35.1. The average molecular weight is 391 g/mol. The van der Waals surface area contributed by atoms with E-state index in [0.717, 1.165) is 31.6 Å². The van der Waals surface area contributed by atoms with E-state index in [4.69, 9.17) is 4.74 Å². The molecule has 0 aliphatic heterocycles. The Morgan fingerprint density at radius 2 is 1.39 bits per heavy atom. The van der Waals surface area contributed by atoms with E-state index in [0.29, 0.717) is 17.4 Å². The Bertz CT molecular complexity index is 450. The van der Waals surface area contributed by atoms with Gasteiger partial charge in [0.2, 0.25) is 0 Å². The van der Waals surface area contributed by atoms with Gasteiger partial charge in [0.25, 0.3) is 0 Å². The van der Waals surface area contributed by atoms with Gasteiger partial charge in [-0.1, -0.05) is 52.4 Å². The number of hydrogen-bond donors (Lipinski definition) is 0. The highest BCUT2D eigenvalue weighted by molar-refractivity contribution is 5.72. The molecular weight excluding hydrogens is 344 g/mol. The van der Waals surface area contributed by atoms with Crippen molar-refractivity contribution in [1.29, 1.82) is 0 Å². The molecule has 0 aromatic heterocycles. The van der Waals surface area contributed by atoms with E-state index in [2.05, 4.69) is 13.8 Å². The van der Waals surface area contributed by atoms with Gasteiger partial charge in [-0.15, -0.1) is 0 Å². The third-order valence-corrected chi connectivity index (χ3v) is 8.94. The first-order valence-electron chi connectivity index (χ1n) is 12.8. The van der Waals surface area contributed by atoms with Crippen LogP contribution in [0.4, 0.5) is 0 Å². The molecule has 0 spiro atoms. The highest BCUT2D eigenvalue weighted by atomic mass is 16.5. The average Bonchev–Trinajstić information content (AvgIpc) is 2.75. The summed E-state index contributed by atoms with van der Waals surface area (Å²) in [5.74, 6) is 1.17. The van der Waals surface area contributed by atoms with Gasteiger partial charge in [0.15, 0.2) is 0 Å². The molecule has 162 valence electrons. The van der Waals surface area contributed by atoms with E-state index in [1.165, 1.54) is 89.9 Å². The lowest BCUT2D eigenvalue weighted by molar-refractivity contribution is -0.151. The first kappa shape index (κ1) is 22.2. The molecule has 0 aromatic rings. The maximum Gasteiger partial charge on any atom is 0.308 e. The van der Waals surface area contributed by atoms with Crippen LogP contribution in [-0.2, 0) is 9.53 Å². The van der Waals surface area contributed by atoms with Crippen LogP contribution >= 0.6 is 0 Å². The number of fused-ring (bicyclic) bond motifs is 3. The molecule has 0 saturated heterocycles. The quantitative estimate of drug-likeness (QED) is 0.265. The first-order valence-corrected chi connectivity index (χ1v) is 12.8. The molecule has 0 N–H and O–H groups in total. The van der Waals surface area contributed by atoms with Gasteiger partial charge in [-0.3, -0.25) is 4.79 Å². The minimum atomic E-state index is 0.0961. The predicted octanol–water partition coefficient (Wildman–Crippen LogP) is 7.84. The van der Waals surface area contributed by atoms with E-state index in [1.54, 1.807) is 0 Å². The summed E-state index contributed by atoms with van der Waals surface area (Å²) in [6.07, 6.45) is 24.4. The van der Waals surface area contributed by atoms with E-state index in [9.17, 15) is 4.79 Å². The zero-order valence-electron chi connectivity index (χ0n) is 18.9. The second-order valence-corrected chi connectivity index (χ2v) is 10.6. The van der Waals surface area contributed by atoms with Crippen LogP contribution in [0.25, 0.3) is 0 Å². The van der Waals surface area contributed by atoms with Crippen LogP contribution in [0.1, 0.15) is 129 Å². The fraction of sp³-hybridized carbons (Fsp3) is 0.962. The Morgan fingerprint density at radius 3 is 2.00 bits per heavy atom. The Morgan fingerprint density at radius 1 is 0.786 bits per heavy atom. The molecule has 0 radical (unpaired) electrons. The summed E-state index contributed by atoms with van der Waals surface area (Å²) in [4.78, 5) is 12.3. The lowest BCUT2D eigenvalue weighted by Gasteiger charge is -2.58. The number of rotatable bonds is 11. The summed E-state index contributed by atoms with van der Waals surface area (Å²) < 4.78 is 5.50. The Labute approximate surface area is 174 Å². The highest BCUT2D eigenvalue weighted by Gasteiger charge is 2.51. The fourth-order valence-corrected chi connectivity index (χ4v) is 6.76. The molecule has 0 unspecified atom stereocenters. The number of hydrogen-bond acceptors (Lipinski definition) is 2. The lowest BCUT2D eigenvalue weighted by Crippen LogP contribution is -2.46. The molecule has 0 aromatic carbocycles. The van der Waals surface area contributed by atoms with Crippen LogP contribution in [0, 0.1) is 22.7 Å². The molecule has 4 aliphatic rings. The van der Waals surface area contributed by atoms with Gasteiger partial charge in [0, 0.05) is 0 Å². The molecular formula is C26H46O2. The molecule has 4 saturated carbocycles. The molecule has 0 amide bonds. The van der Waals surface area contributed by atoms with Crippen molar-refractivity contribution in [2.45, 2.75) is 129 Å². The third-order valence-electron chi connectivity index (χ3n) is 8.94. The molecule has 4 fully saturated rings. The minimum absolute atomic E-state index is 0.0961. The van der Waals surface area contributed by atoms with E-state index in [1.807, 2.05) is 0 Å². The smallest absolute Gasteiger partial charge is 0.308 e. The van der Waals surface area contributed by atoms with Gasteiger partial charge < -0.3 is 4.74 Å². The van der Waals surface area contributed by atoms with Crippen LogP contribution in [0.3, 0.4) is 0 Å². The monoisotopic (exact) mass is 390 g/mol. The molecule has 2 heteroatoms. The molecule has 28 heavy (non-hydrogen) atoms. The highest BCUT2D eigenvalue weighted by Crippen LogP contribution is 2.63. The van der Waals surface area contributed by atoms with Crippen LogP contribution in [-0.4, -0.2) is 12.6 Å². The van der Waals surface area contributed by atoms with E-state index >= 15 is 0 Å². The molecule has 0 heterocycles. The maximum absolute atomic E-state index is 12.3. The standard InChI is InChI=1S/C26H46O2/c1-3-5-7-8-9-14-25-15-18-26(19-16-25,20-17-25)23-12-10-22(11-13-23)24(27)28-21-6-4-2/h22-23H,3-21H2,1-2H3/t22-,23-,25?,26?. The van der Waals surface area contributed by atoms with Crippen LogP contribution in [0.2, 0.25) is 0 Å². The molecule has 4 aliphatic carbocycles. The predicted molar refractivity (Wildman–Crippen MR) is 117 cm³/mol. The van der Waals surface area contributed by atoms with Crippen LogP contribution in [0.5, 0.6) is 0 Å². The van der Waals surface area contributed by atoms with Gasteiger partial charge in [-0.25, -0.2) is 0 Å². The summed E-state index contributed by atoms with van der Waals surface area (Å²) in [7, 11) is 0. The van der Waals surface area contributed by atoms with Crippen molar-refractivity contribution in [1.82, 2.24) is 0 Å². The van der Waals surface area contributed by atoms with Crippen molar-refractivity contribution in [2.24, 2.45) is 22.7 Å². The second-order valence-electron chi connectivity index (χ2n) is 10.6. The van der Waals surface area contributed by atoms with Gasteiger partial charge in [0.1, 0.15) is 0 Å². The summed E-state index contributed by atoms with van der Waals surface area (Å²) in [6.45, 7) is 5.08. The van der Waals surface area contributed by atoms with Gasteiger partial charge in [-0.2, -0.15) is 0 Å². The van der Waals surface area contributed by atoms with Crippen LogP contribution in [0.15, 0.2) is 0 Å². The van der Waals surface area contributed by atoms with Crippen molar-refractivity contribution in [3.05, 3.63) is 0 Å². The number of ether oxygens (including phenoxy) is 1. The largest absolute Gasteiger partial charge is 0.465 e. The zero-order chi connectivity index (χ0) is 19.9. The molecule has 2 nitrogen and oxygen atoms in total. The Balaban J connectivity index is 1.41. The van der Waals surface area contributed by atoms with Crippen molar-refractivity contribution >= 4 is 5.97 Å². The summed E-state index contributed by atoms with van der Waals surface area (Å²) in [5.41, 5.74) is 1.36. The number of esters is 1. The fourth-order valence-electron chi connectivity index (χ4n) is 6.76. The summed E-state index contributed by atoms with van der Waals surface area (Å²) in [5, 5.41) is 0.